The van der Waals surface area contributed by atoms with Crippen molar-refractivity contribution >= 4 is 15.8 Å². The first-order valence-corrected chi connectivity index (χ1v) is 6.77. The first-order valence-electron chi connectivity index (χ1n) is 5.29. The fraction of sp³-hybridized carbons (Fsp3) is 0.100. The molecule has 0 unspecified atom stereocenters. The summed E-state index contributed by atoms with van der Waals surface area (Å²) in [6, 6.07) is 4.34. The van der Waals surface area contributed by atoms with Crippen LogP contribution < -0.4 is 16.0 Å². The SMILES string of the molecule is NNc1cc(S(=O)(=O)NCc2ccncn2)ccn1. The molecule has 2 aromatic rings. The lowest BCUT2D eigenvalue weighted by Gasteiger charge is -2.07. The van der Waals surface area contributed by atoms with Gasteiger partial charge in [-0.05, 0) is 12.1 Å². The van der Waals surface area contributed by atoms with Crippen LogP contribution in [0, 0.1) is 0 Å². The summed E-state index contributed by atoms with van der Waals surface area (Å²) in [7, 11) is -3.64. The van der Waals surface area contributed by atoms with E-state index >= 15 is 0 Å². The van der Waals surface area contributed by atoms with E-state index in [0.717, 1.165) is 0 Å². The number of nitrogens with one attached hydrogen (secondary N) is 2. The summed E-state index contributed by atoms with van der Waals surface area (Å²) in [5, 5.41) is 0. The summed E-state index contributed by atoms with van der Waals surface area (Å²) in [6.07, 6.45) is 4.25. The zero-order chi connectivity index (χ0) is 13.7. The highest BCUT2D eigenvalue weighted by molar-refractivity contribution is 7.89. The summed E-state index contributed by atoms with van der Waals surface area (Å²) in [5.74, 6) is 5.45. The molecular weight excluding hydrogens is 268 g/mol. The number of hydrogen-bond donors (Lipinski definition) is 3. The van der Waals surface area contributed by atoms with E-state index in [1.807, 2.05) is 0 Å². The van der Waals surface area contributed by atoms with Crippen molar-refractivity contribution < 1.29 is 8.42 Å². The highest BCUT2D eigenvalue weighted by Gasteiger charge is 2.14. The zero-order valence-electron chi connectivity index (χ0n) is 9.81. The number of hydrazine groups is 1. The van der Waals surface area contributed by atoms with E-state index in [2.05, 4.69) is 25.1 Å². The third-order valence-electron chi connectivity index (χ3n) is 2.28. The van der Waals surface area contributed by atoms with E-state index in [9.17, 15) is 8.42 Å². The highest BCUT2D eigenvalue weighted by Crippen LogP contribution is 2.11. The molecule has 0 radical (unpaired) electrons. The summed E-state index contributed by atoms with van der Waals surface area (Å²) >= 11 is 0. The number of anilines is 1. The fourth-order valence-electron chi connectivity index (χ4n) is 1.33. The number of sulfonamides is 1. The molecule has 0 aliphatic rings. The lowest BCUT2D eigenvalue weighted by molar-refractivity contribution is 0.580. The fourth-order valence-corrected chi connectivity index (χ4v) is 2.34. The molecule has 0 aliphatic heterocycles. The van der Waals surface area contributed by atoms with Crippen LogP contribution in [0.2, 0.25) is 0 Å². The maximum atomic E-state index is 12.0. The van der Waals surface area contributed by atoms with Crippen molar-refractivity contribution in [2.24, 2.45) is 5.84 Å². The van der Waals surface area contributed by atoms with Crippen molar-refractivity contribution in [3.05, 3.63) is 42.6 Å². The van der Waals surface area contributed by atoms with Gasteiger partial charge in [-0.1, -0.05) is 0 Å². The van der Waals surface area contributed by atoms with E-state index < -0.39 is 10.0 Å². The second-order valence-corrected chi connectivity index (χ2v) is 5.31. The van der Waals surface area contributed by atoms with Crippen LogP contribution in [0.15, 0.2) is 41.8 Å². The summed E-state index contributed by atoms with van der Waals surface area (Å²) in [6.45, 7) is 0.0819. The number of nitrogen functional groups attached to an aromatic ring is 1. The molecule has 19 heavy (non-hydrogen) atoms. The number of rotatable bonds is 5. The molecule has 0 amide bonds. The van der Waals surface area contributed by atoms with Gasteiger partial charge < -0.3 is 5.43 Å². The van der Waals surface area contributed by atoms with Gasteiger partial charge in [0, 0.05) is 18.5 Å². The predicted molar refractivity (Wildman–Crippen MR) is 68.1 cm³/mol. The second kappa shape index (κ2) is 5.69. The van der Waals surface area contributed by atoms with E-state index in [-0.39, 0.29) is 17.3 Å². The van der Waals surface area contributed by atoms with Gasteiger partial charge in [-0.2, -0.15) is 0 Å². The Balaban J connectivity index is 2.14. The number of pyridine rings is 1. The molecule has 0 bridgehead atoms. The molecule has 0 aliphatic carbocycles. The van der Waals surface area contributed by atoms with Crippen LogP contribution in [0.5, 0.6) is 0 Å². The maximum absolute atomic E-state index is 12.0. The van der Waals surface area contributed by atoms with Crippen molar-refractivity contribution in [2.45, 2.75) is 11.4 Å². The lowest BCUT2D eigenvalue weighted by Crippen LogP contribution is -2.24. The third-order valence-corrected chi connectivity index (χ3v) is 3.68. The number of nitrogens with zero attached hydrogens (tertiary/aromatic N) is 3. The minimum atomic E-state index is -3.64. The van der Waals surface area contributed by atoms with Gasteiger partial charge in [0.1, 0.15) is 12.1 Å². The Morgan fingerprint density at radius 3 is 2.74 bits per heavy atom. The van der Waals surface area contributed by atoms with Gasteiger partial charge in [0.25, 0.3) is 0 Å². The van der Waals surface area contributed by atoms with Crippen molar-refractivity contribution in [2.75, 3.05) is 5.43 Å². The van der Waals surface area contributed by atoms with Crippen LogP contribution in [0.3, 0.4) is 0 Å². The average Bonchev–Trinajstić information content (AvgIpc) is 2.46. The van der Waals surface area contributed by atoms with Crippen LogP contribution in [0.1, 0.15) is 5.69 Å². The van der Waals surface area contributed by atoms with E-state index in [4.69, 9.17) is 5.84 Å². The van der Waals surface area contributed by atoms with Crippen LogP contribution in [-0.2, 0) is 16.6 Å². The van der Waals surface area contributed by atoms with E-state index in [0.29, 0.717) is 5.69 Å². The lowest BCUT2D eigenvalue weighted by atomic mass is 10.4. The molecule has 0 fully saturated rings. The second-order valence-electron chi connectivity index (χ2n) is 3.55. The van der Waals surface area contributed by atoms with Gasteiger partial charge in [0.2, 0.25) is 10.0 Å². The number of nitrogens with two attached hydrogens (primary N) is 1. The van der Waals surface area contributed by atoms with Crippen LogP contribution >= 0.6 is 0 Å². The Bertz CT molecular complexity index is 646. The molecule has 0 saturated carbocycles. The minimum absolute atomic E-state index is 0.0736. The van der Waals surface area contributed by atoms with Crippen LogP contribution in [-0.4, -0.2) is 23.4 Å². The largest absolute Gasteiger partial charge is 0.308 e. The molecule has 8 nitrogen and oxygen atoms in total. The van der Waals surface area contributed by atoms with Gasteiger partial charge in [0.15, 0.2) is 0 Å². The predicted octanol–water partition coefficient (Wildman–Crippen LogP) is -0.364. The number of aromatic nitrogens is 3. The first-order chi connectivity index (χ1) is 9.12. The molecule has 0 saturated heterocycles. The monoisotopic (exact) mass is 280 g/mol. The summed E-state index contributed by atoms with van der Waals surface area (Å²) in [5.41, 5.74) is 2.86. The minimum Gasteiger partial charge on any atom is -0.308 e. The summed E-state index contributed by atoms with van der Waals surface area (Å²) in [4.78, 5) is 11.6. The smallest absolute Gasteiger partial charge is 0.241 e. The Morgan fingerprint density at radius 1 is 1.21 bits per heavy atom. The average molecular weight is 280 g/mol. The Morgan fingerprint density at radius 2 is 2.05 bits per heavy atom. The molecule has 0 aromatic carbocycles. The highest BCUT2D eigenvalue weighted by atomic mass is 32.2. The van der Waals surface area contributed by atoms with Crippen LogP contribution in [0.25, 0.3) is 0 Å². The zero-order valence-corrected chi connectivity index (χ0v) is 10.6. The van der Waals surface area contributed by atoms with Crippen molar-refractivity contribution in [3.8, 4) is 0 Å². The molecule has 2 heterocycles. The number of hydrogen-bond acceptors (Lipinski definition) is 7. The molecule has 9 heteroatoms. The van der Waals surface area contributed by atoms with Crippen molar-refractivity contribution in [1.29, 1.82) is 0 Å². The molecule has 100 valence electrons. The van der Waals surface area contributed by atoms with Gasteiger partial charge in [-0.3, -0.25) is 0 Å². The summed E-state index contributed by atoms with van der Waals surface area (Å²) < 4.78 is 26.5. The van der Waals surface area contributed by atoms with Gasteiger partial charge in [0.05, 0.1) is 17.1 Å². The normalized spacial score (nSPS) is 11.2. The van der Waals surface area contributed by atoms with Gasteiger partial charge >= 0.3 is 0 Å². The maximum Gasteiger partial charge on any atom is 0.241 e. The Labute approximate surface area is 110 Å². The molecule has 2 rings (SSSR count). The molecule has 0 atom stereocenters. The molecule has 2 aromatic heterocycles. The molecule has 4 N–H and O–H groups in total. The van der Waals surface area contributed by atoms with Crippen LogP contribution in [0.4, 0.5) is 5.82 Å². The Hall–Kier alpha value is -2.10. The van der Waals surface area contributed by atoms with E-state index in [1.165, 1.54) is 24.7 Å². The standard InChI is InChI=1S/C10H12N6O2S/c11-16-10-5-9(2-4-13-10)19(17,18)15-6-8-1-3-12-7-14-8/h1-5,7,15H,6,11H2,(H,13,16). The van der Waals surface area contributed by atoms with Crippen molar-refractivity contribution in [3.63, 3.8) is 0 Å². The molecule has 0 spiro atoms. The quantitative estimate of drug-likeness (QED) is 0.504. The third kappa shape index (κ3) is 3.44. The van der Waals surface area contributed by atoms with Crippen molar-refractivity contribution in [1.82, 2.24) is 19.7 Å². The van der Waals surface area contributed by atoms with E-state index in [1.54, 1.807) is 12.3 Å². The first kappa shape index (κ1) is 13.3. The molecular formula is C10H12N6O2S. The topological polar surface area (TPSA) is 123 Å². The van der Waals surface area contributed by atoms with Gasteiger partial charge in [-0.25, -0.2) is 33.9 Å². The Kier molecular flexibility index (Phi) is 4.00. The van der Waals surface area contributed by atoms with Gasteiger partial charge in [-0.15, -0.1) is 0 Å².